The summed E-state index contributed by atoms with van der Waals surface area (Å²) < 4.78 is 4.53. The van der Waals surface area contributed by atoms with E-state index in [-0.39, 0.29) is 0 Å². The van der Waals surface area contributed by atoms with Crippen molar-refractivity contribution in [1.29, 1.82) is 0 Å². The maximum atomic E-state index is 9.55. The molecule has 0 atom stereocenters. The first-order valence-electron chi connectivity index (χ1n) is 2.58. The Kier molecular flexibility index (Phi) is 10.5. The summed E-state index contributed by atoms with van der Waals surface area (Å²) in [5.74, 6) is -2.51. The average Bonchev–Trinajstić information content (AvgIpc) is 1.85. The van der Waals surface area contributed by atoms with Crippen LogP contribution < -0.4 is 0 Å². The van der Waals surface area contributed by atoms with Crippen LogP contribution in [0.5, 0.6) is 0 Å². The molecule has 0 heterocycles. The van der Waals surface area contributed by atoms with E-state index >= 15 is 0 Å². The normalized spacial score (nSPS) is 9.09. The Hall–Kier alpha value is -0.926. The second kappa shape index (κ2) is 9.07. The van der Waals surface area contributed by atoms with E-state index in [1.807, 2.05) is 0 Å². The Morgan fingerprint density at radius 1 is 1.09 bits per heavy atom. The topological polar surface area (TPSA) is 83.8 Å². The lowest BCUT2D eigenvalue weighted by Crippen LogP contribution is -1.91. The van der Waals surface area contributed by atoms with Crippen LogP contribution in [0.1, 0.15) is 0 Å². The maximum Gasteiger partial charge on any atom is 0.328 e. The van der Waals surface area contributed by atoms with Crippen molar-refractivity contribution in [1.82, 2.24) is 0 Å². The number of rotatable bonds is 2. The first-order chi connectivity index (χ1) is 5.04. The van der Waals surface area contributed by atoms with Gasteiger partial charge in [0.25, 0.3) is 0 Å². The highest BCUT2D eigenvalue weighted by Crippen LogP contribution is 1.70. The van der Waals surface area contributed by atoms with Gasteiger partial charge in [0.2, 0.25) is 0 Å². The zero-order valence-electron chi connectivity index (χ0n) is 6.27. The molecule has 0 aliphatic heterocycles. The SMILES string of the molecule is O=C(O)/C=C\C(=O)O.[SiH3]O[SiH3]. The second-order valence-corrected chi connectivity index (χ2v) is 4.68. The standard InChI is InChI=1S/C4H4O4.H6OSi2/c5-3(6)1-2-4(7)8;2-1-3/h1-2H,(H,5,6)(H,7,8);2-3H3/b2-1-;. The van der Waals surface area contributed by atoms with Crippen molar-refractivity contribution in [2.24, 2.45) is 0 Å². The zero-order chi connectivity index (χ0) is 9.28. The highest BCUT2D eigenvalue weighted by atomic mass is 28.3. The predicted octanol–water partition coefficient (Wildman–Crippen LogP) is -2.72. The van der Waals surface area contributed by atoms with Gasteiger partial charge in [-0.05, 0) is 0 Å². The first-order valence-corrected chi connectivity index (χ1v) is 4.22. The third-order valence-electron chi connectivity index (χ3n) is 0.368. The van der Waals surface area contributed by atoms with Crippen molar-refractivity contribution in [3.8, 4) is 0 Å². The monoisotopic (exact) mass is 194 g/mol. The van der Waals surface area contributed by atoms with Gasteiger partial charge >= 0.3 is 11.9 Å². The number of carboxylic acids is 2. The molecule has 0 bridgehead atoms. The van der Waals surface area contributed by atoms with E-state index in [1.54, 1.807) is 0 Å². The lowest BCUT2D eigenvalue weighted by molar-refractivity contribution is -0.134. The fourth-order valence-electron chi connectivity index (χ4n) is 0.143. The molecule has 0 aromatic rings. The lowest BCUT2D eigenvalue weighted by atomic mass is 10.5. The van der Waals surface area contributed by atoms with Gasteiger partial charge in [-0.15, -0.1) is 0 Å². The molecule has 0 amide bonds. The first kappa shape index (κ1) is 12.7. The van der Waals surface area contributed by atoms with Gasteiger partial charge in [-0.3, -0.25) is 0 Å². The minimum Gasteiger partial charge on any atom is -0.478 e. The third-order valence-corrected chi connectivity index (χ3v) is 0.368. The molecule has 0 aliphatic carbocycles. The molecule has 11 heavy (non-hydrogen) atoms. The molecule has 5 nitrogen and oxygen atoms in total. The van der Waals surface area contributed by atoms with E-state index in [0.717, 1.165) is 21.0 Å². The summed E-state index contributed by atoms with van der Waals surface area (Å²) in [4.78, 5) is 19.1. The van der Waals surface area contributed by atoms with Crippen molar-refractivity contribution in [2.75, 3.05) is 0 Å². The van der Waals surface area contributed by atoms with Crippen molar-refractivity contribution in [3.63, 3.8) is 0 Å². The van der Waals surface area contributed by atoms with Crippen LogP contribution in [0.3, 0.4) is 0 Å². The molecule has 7 heteroatoms. The largest absolute Gasteiger partial charge is 0.478 e. The van der Waals surface area contributed by atoms with Crippen LogP contribution in [-0.4, -0.2) is 43.1 Å². The second-order valence-electron chi connectivity index (χ2n) is 1.42. The van der Waals surface area contributed by atoms with E-state index in [4.69, 9.17) is 10.2 Å². The molecule has 0 spiro atoms. The van der Waals surface area contributed by atoms with Crippen molar-refractivity contribution in [3.05, 3.63) is 12.2 Å². The third kappa shape index (κ3) is 27.4. The summed E-state index contributed by atoms with van der Waals surface area (Å²) in [6.45, 7) is 0. The summed E-state index contributed by atoms with van der Waals surface area (Å²) in [7, 11) is 1.86. The van der Waals surface area contributed by atoms with Crippen LogP contribution >= 0.6 is 0 Å². The molecule has 2 N–H and O–H groups in total. The number of carbonyl (C=O) groups is 2. The molecule has 0 rings (SSSR count). The Labute approximate surface area is 69.8 Å². The van der Waals surface area contributed by atoms with Crippen LogP contribution in [-0.2, 0) is 13.7 Å². The van der Waals surface area contributed by atoms with E-state index in [2.05, 4.69) is 4.12 Å². The Balaban J connectivity index is 0. The van der Waals surface area contributed by atoms with Crippen LogP contribution in [0.4, 0.5) is 0 Å². The summed E-state index contributed by atoms with van der Waals surface area (Å²) in [5.41, 5.74) is 0. The van der Waals surface area contributed by atoms with Crippen molar-refractivity contribution < 1.29 is 23.9 Å². The van der Waals surface area contributed by atoms with E-state index in [9.17, 15) is 9.59 Å². The van der Waals surface area contributed by atoms with E-state index in [1.165, 1.54) is 0 Å². The predicted molar refractivity (Wildman–Crippen MR) is 45.4 cm³/mol. The highest BCUT2D eigenvalue weighted by molar-refractivity contribution is 6.15. The van der Waals surface area contributed by atoms with Gasteiger partial charge in [0.15, 0.2) is 0 Å². The van der Waals surface area contributed by atoms with E-state index in [0.29, 0.717) is 12.2 Å². The molecule has 0 saturated heterocycles. The minimum absolute atomic E-state index is 0.558. The van der Waals surface area contributed by atoms with Crippen molar-refractivity contribution >= 4 is 32.9 Å². The fourth-order valence-corrected chi connectivity index (χ4v) is 0.143. The highest BCUT2D eigenvalue weighted by Gasteiger charge is 1.88. The Morgan fingerprint density at radius 3 is 1.36 bits per heavy atom. The van der Waals surface area contributed by atoms with Crippen molar-refractivity contribution in [2.45, 2.75) is 0 Å². The van der Waals surface area contributed by atoms with Gasteiger partial charge in [0.05, 0.1) is 0 Å². The lowest BCUT2D eigenvalue weighted by Gasteiger charge is -1.74. The zero-order valence-corrected chi connectivity index (χ0v) is 10.3. The number of carboxylic acid groups (broad SMARTS) is 2. The van der Waals surface area contributed by atoms with Gasteiger partial charge in [-0.25, -0.2) is 9.59 Å². The van der Waals surface area contributed by atoms with Gasteiger partial charge < -0.3 is 14.3 Å². The Morgan fingerprint density at radius 2 is 1.27 bits per heavy atom. The fraction of sp³-hybridized carbons (Fsp3) is 0. The van der Waals surface area contributed by atoms with Crippen LogP contribution in [0, 0.1) is 0 Å². The van der Waals surface area contributed by atoms with Crippen LogP contribution in [0.2, 0.25) is 0 Å². The van der Waals surface area contributed by atoms with E-state index < -0.39 is 11.9 Å². The minimum atomic E-state index is -1.26. The van der Waals surface area contributed by atoms with Gasteiger partial charge in [-0.2, -0.15) is 0 Å². The quantitative estimate of drug-likeness (QED) is 0.368. The maximum absolute atomic E-state index is 9.55. The molecule has 0 aromatic carbocycles. The molecule has 0 unspecified atom stereocenters. The summed E-state index contributed by atoms with van der Waals surface area (Å²) in [5, 5.41) is 15.6. The molecule has 64 valence electrons. The molecule has 0 aliphatic rings. The molecule has 0 fully saturated rings. The number of aliphatic carboxylic acids is 2. The van der Waals surface area contributed by atoms with Gasteiger partial charge in [-0.1, -0.05) is 0 Å². The summed E-state index contributed by atoms with van der Waals surface area (Å²) >= 11 is 0. The molecular formula is C4H10O5Si2. The Bertz CT molecular complexity index is 139. The summed E-state index contributed by atoms with van der Waals surface area (Å²) in [6, 6.07) is 0. The smallest absolute Gasteiger partial charge is 0.328 e. The molecular weight excluding hydrogens is 184 g/mol. The van der Waals surface area contributed by atoms with Gasteiger partial charge in [0.1, 0.15) is 21.0 Å². The molecule has 0 saturated carbocycles. The summed E-state index contributed by atoms with van der Waals surface area (Å²) in [6.07, 6.45) is 1.12. The van der Waals surface area contributed by atoms with Gasteiger partial charge in [0, 0.05) is 12.2 Å². The number of hydrogen-bond acceptors (Lipinski definition) is 3. The molecule has 0 aromatic heterocycles. The van der Waals surface area contributed by atoms with Crippen LogP contribution in [0.25, 0.3) is 0 Å². The van der Waals surface area contributed by atoms with Crippen LogP contribution in [0.15, 0.2) is 12.2 Å². The number of hydrogen-bond donors (Lipinski definition) is 2. The average molecular weight is 194 g/mol. The molecule has 0 radical (unpaired) electrons.